The third kappa shape index (κ3) is 1.63. The topological polar surface area (TPSA) is 112 Å². The van der Waals surface area contributed by atoms with Gasteiger partial charge < -0.3 is 0 Å². The van der Waals surface area contributed by atoms with Crippen molar-refractivity contribution in [1.29, 1.82) is 0 Å². The summed E-state index contributed by atoms with van der Waals surface area (Å²) in [5, 5.41) is 3.39. The summed E-state index contributed by atoms with van der Waals surface area (Å²) in [5.74, 6) is -0.697. The van der Waals surface area contributed by atoms with E-state index in [1.54, 1.807) is 13.0 Å². The number of rotatable bonds is 2. The number of fused-ring (bicyclic) bond motifs is 1. The monoisotopic (exact) mass is 252 g/mol. The van der Waals surface area contributed by atoms with E-state index in [-0.39, 0.29) is 16.1 Å². The van der Waals surface area contributed by atoms with Crippen LogP contribution in [0.25, 0.3) is 10.4 Å². The fourth-order valence-corrected chi connectivity index (χ4v) is 3.06. The van der Waals surface area contributed by atoms with Gasteiger partial charge in [-0.25, -0.2) is 13.1 Å². The second kappa shape index (κ2) is 3.76. The Morgan fingerprint density at radius 1 is 1.47 bits per heavy atom. The zero-order chi connectivity index (χ0) is 12.6. The van der Waals surface area contributed by atoms with E-state index in [0.717, 1.165) is 0 Å². The van der Waals surface area contributed by atoms with Gasteiger partial charge in [-0.15, -0.1) is 0 Å². The molecule has 0 bridgehead atoms. The standard InChI is InChI=1S/C9H8N4O3S/c1-2-5-3-4-6-8(7(5)11-13-10)17(15,16)12-9(6)14/h3-4H,2H2,1H3,(H,12,14). The van der Waals surface area contributed by atoms with Crippen molar-refractivity contribution in [3.8, 4) is 0 Å². The summed E-state index contributed by atoms with van der Waals surface area (Å²) in [4.78, 5) is 13.8. The fourth-order valence-electron chi connectivity index (χ4n) is 1.73. The van der Waals surface area contributed by atoms with Crippen LogP contribution in [-0.4, -0.2) is 14.3 Å². The number of aryl methyl sites for hydroxylation is 1. The number of amides is 1. The third-order valence-corrected chi connectivity index (χ3v) is 3.89. The maximum Gasteiger partial charge on any atom is 0.266 e. The Balaban J connectivity index is 2.90. The lowest BCUT2D eigenvalue weighted by Crippen LogP contribution is -2.20. The molecule has 1 aromatic carbocycles. The maximum atomic E-state index is 11.7. The number of hydrogen-bond donors (Lipinski definition) is 1. The van der Waals surface area contributed by atoms with E-state index in [1.165, 1.54) is 6.07 Å². The average molecular weight is 252 g/mol. The molecule has 1 N–H and O–H groups in total. The van der Waals surface area contributed by atoms with Crippen molar-refractivity contribution in [2.24, 2.45) is 5.11 Å². The van der Waals surface area contributed by atoms with Gasteiger partial charge in [0.05, 0.1) is 11.3 Å². The molecule has 1 aliphatic rings. The lowest BCUT2D eigenvalue weighted by molar-refractivity contribution is 0.0985. The molecule has 17 heavy (non-hydrogen) atoms. The van der Waals surface area contributed by atoms with Crippen LogP contribution in [0.2, 0.25) is 0 Å². The molecule has 0 aromatic heterocycles. The van der Waals surface area contributed by atoms with E-state index in [0.29, 0.717) is 12.0 Å². The molecule has 88 valence electrons. The van der Waals surface area contributed by atoms with E-state index in [4.69, 9.17) is 5.53 Å². The highest BCUT2D eigenvalue weighted by molar-refractivity contribution is 7.90. The molecule has 8 heteroatoms. The second-order valence-corrected chi connectivity index (χ2v) is 5.05. The van der Waals surface area contributed by atoms with Crippen LogP contribution in [0.4, 0.5) is 5.69 Å². The van der Waals surface area contributed by atoms with Gasteiger partial charge in [-0.3, -0.25) is 4.79 Å². The Morgan fingerprint density at radius 3 is 2.76 bits per heavy atom. The molecule has 0 radical (unpaired) electrons. The maximum absolute atomic E-state index is 11.7. The lowest BCUT2D eigenvalue weighted by atomic mass is 10.1. The summed E-state index contributed by atoms with van der Waals surface area (Å²) in [5.41, 5.74) is 9.07. The van der Waals surface area contributed by atoms with E-state index in [9.17, 15) is 13.2 Å². The minimum absolute atomic E-state index is 0.00542. The first-order valence-corrected chi connectivity index (χ1v) is 6.27. The average Bonchev–Trinajstić information content (AvgIpc) is 2.50. The van der Waals surface area contributed by atoms with Gasteiger partial charge >= 0.3 is 0 Å². The molecular formula is C9H8N4O3S. The molecular weight excluding hydrogens is 244 g/mol. The van der Waals surface area contributed by atoms with Gasteiger partial charge in [0, 0.05) is 4.91 Å². The number of nitrogens with zero attached hydrogens (tertiary/aromatic N) is 3. The normalized spacial score (nSPS) is 15.9. The molecule has 1 aromatic rings. The second-order valence-electron chi connectivity index (χ2n) is 3.43. The number of azide groups is 1. The summed E-state index contributed by atoms with van der Waals surface area (Å²) in [6.45, 7) is 1.80. The van der Waals surface area contributed by atoms with Gasteiger partial charge in [0.15, 0.2) is 0 Å². The van der Waals surface area contributed by atoms with Crippen molar-refractivity contribution < 1.29 is 13.2 Å². The molecule has 0 saturated carbocycles. The summed E-state index contributed by atoms with van der Waals surface area (Å²) >= 11 is 0. The minimum atomic E-state index is -3.90. The van der Waals surface area contributed by atoms with Gasteiger partial charge in [-0.05, 0) is 23.6 Å². The van der Waals surface area contributed by atoms with Crippen LogP contribution >= 0.6 is 0 Å². The van der Waals surface area contributed by atoms with E-state index in [1.807, 2.05) is 4.72 Å². The van der Waals surface area contributed by atoms with Crippen molar-refractivity contribution in [2.75, 3.05) is 0 Å². The van der Waals surface area contributed by atoms with Crippen molar-refractivity contribution >= 4 is 21.6 Å². The zero-order valence-electron chi connectivity index (χ0n) is 8.84. The number of nitrogens with one attached hydrogen (secondary N) is 1. The summed E-state index contributed by atoms with van der Waals surface area (Å²) < 4.78 is 25.3. The van der Waals surface area contributed by atoms with Crippen LogP contribution < -0.4 is 4.72 Å². The Kier molecular flexibility index (Phi) is 2.53. The number of benzene rings is 1. The van der Waals surface area contributed by atoms with Crippen molar-refractivity contribution in [3.05, 3.63) is 33.7 Å². The summed E-state index contributed by atoms with van der Waals surface area (Å²) in [6.07, 6.45) is 0.505. The van der Waals surface area contributed by atoms with E-state index in [2.05, 4.69) is 10.0 Å². The molecule has 0 fully saturated rings. The molecule has 0 atom stereocenters. The Morgan fingerprint density at radius 2 is 2.18 bits per heavy atom. The van der Waals surface area contributed by atoms with Gasteiger partial charge in [0.2, 0.25) is 0 Å². The summed E-state index contributed by atoms with van der Waals surface area (Å²) in [7, 11) is -3.90. The smallest absolute Gasteiger partial charge is 0.266 e. The number of hydrogen-bond acceptors (Lipinski definition) is 4. The minimum Gasteiger partial charge on any atom is -0.268 e. The highest BCUT2D eigenvalue weighted by Crippen LogP contribution is 2.35. The number of carbonyl (C=O) groups is 1. The lowest BCUT2D eigenvalue weighted by Gasteiger charge is -2.05. The van der Waals surface area contributed by atoms with Gasteiger partial charge in [0.1, 0.15) is 4.90 Å². The molecule has 2 rings (SSSR count). The highest BCUT2D eigenvalue weighted by atomic mass is 32.2. The quantitative estimate of drug-likeness (QED) is 0.490. The van der Waals surface area contributed by atoms with Crippen LogP contribution in [-0.2, 0) is 16.4 Å². The van der Waals surface area contributed by atoms with E-state index < -0.39 is 15.9 Å². The highest BCUT2D eigenvalue weighted by Gasteiger charge is 2.35. The van der Waals surface area contributed by atoms with Crippen LogP contribution in [0.1, 0.15) is 22.8 Å². The Labute approximate surface area is 97.1 Å². The van der Waals surface area contributed by atoms with Crippen molar-refractivity contribution in [1.82, 2.24) is 4.72 Å². The number of carbonyl (C=O) groups excluding carboxylic acids is 1. The first kappa shape index (κ1) is 11.4. The third-order valence-electron chi connectivity index (χ3n) is 2.48. The van der Waals surface area contributed by atoms with Gasteiger partial charge in [-0.1, -0.05) is 18.1 Å². The Bertz CT molecular complexity index is 659. The molecule has 0 aliphatic carbocycles. The summed E-state index contributed by atoms with van der Waals surface area (Å²) in [6, 6.07) is 3.01. The molecule has 1 aliphatic heterocycles. The molecule has 0 spiro atoms. The molecule has 0 unspecified atom stereocenters. The van der Waals surface area contributed by atoms with Crippen LogP contribution in [0.5, 0.6) is 0 Å². The first-order chi connectivity index (χ1) is 8.01. The predicted octanol–water partition coefficient (Wildman–Crippen LogP) is 1.62. The van der Waals surface area contributed by atoms with E-state index >= 15 is 0 Å². The van der Waals surface area contributed by atoms with Crippen LogP contribution in [0, 0.1) is 0 Å². The fraction of sp³-hybridized carbons (Fsp3) is 0.222. The SMILES string of the molecule is CCc1ccc2c(c1N=[N+]=[N-])S(=O)(=O)NC2=O. The van der Waals surface area contributed by atoms with Crippen molar-refractivity contribution in [2.45, 2.75) is 18.2 Å². The molecule has 7 nitrogen and oxygen atoms in total. The molecule has 1 amide bonds. The van der Waals surface area contributed by atoms with Crippen LogP contribution in [0.3, 0.4) is 0 Å². The number of sulfonamides is 1. The van der Waals surface area contributed by atoms with Gasteiger partial charge in [0.25, 0.3) is 15.9 Å². The molecule has 0 saturated heterocycles. The van der Waals surface area contributed by atoms with Gasteiger partial charge in [-0.2, -0.15) is 0 Å². The predicted molar refractivity (Wildman–Crippen MR) is 59.3 cm³/mol. The first-order valence-electron chi connectivity index (χ1n) is 4.79. The zero-order valence-corrected chi connectivity index (χ0v) is 9.65. The van der Waals surface area contributed by atoms with Crippen LogP contribution in [0.15, 0.2) is 22.1 Å². The molecule has 1 heterocycles. The Hall–Kier alpha value is -2.05. The van der Waals surface area contributed by atoms with Crippen molar-refractivity contribution in [3.63, 3.8) is 0 Å². The largest absolute Gasteiger partial charge is 0.268 e.